The lowest BCUT2D eigenvalue weighted by molar-refractivity contribution is 0.600. The van der Waals surface area contributed by atoms with E-state index in [1.54, 1.807) is 37.4 Å². The first-order valence-electron chi connectivity index (χ1n) is 7.82. The van der Waals surface area contributed by atoms with E-state index >= 15 is 0 Å². The van der Waals surface area contributed by atoms with Gasteiger partial charge in [-0.2, -0.15) is 0 Å². The molecule has 5 nitrogen and oxygen atoms in total. The van der Waals surface area contributed by atoms with Gasteiger partial charge in [-0.1, -0.05) is 35.9 Å². The molecule has 3 aromatic rings. The van der Waals surface area contributed by atoms with Gasteiger partial charge >= 0.3 is 0 Å². The van der Waals surface area contributed by atoms with Crippen LogP contribution in [0.3, 0.4) is 0 Å². The van der Waals surface area contributed by atoms with E-state index < -0.39 is 10.0 Å². The number of hydrogen-bond donors (Lipinski definition) is 2. The Morgan fingerprint density at radius 2 is 1.64 bits per heavy atom. The van der Waals surface area contributed by atoms with Crippen LogP contribution >= 0.6 is 0 Å². The molecule has 0 bridgehead atoms. The van der Waals surface area contributed by atoms with Crippen molar-refractivity contribution in [1.82, 2.24) is 4.98 Å². The fourth-order valence-corrected chi connectivity index (χ4v) is 3.75. The minimum Gasteiger partial charge on any atom is -0.354 e. The third-order valence-electron chi connectivity index (χ3n) is 3.68. The Kier molecular flexibility index (Phi) is 4.72. The summed E-state index contributed by atoms with van der Waals surface area (Å²) in [5.74, 6) is 0.276. The van der Waals surface area contributed by atoms with Crippen LogP contribution in [-0.2, 0) is 10.0 Å². The minimum absolute atomic E-state index is 0.256. The summed E-state index contributed by atoms with van der Waals surface area (Å²) in [4.78, 5) is 4.44. The van der Waals surface area contributed by atoms with Crippen molar-refractivity contribution in [3.8, 4) is 0 Å². The summed E-state index contributed by atoms with van der Waals surface area (Å²) in [5.41, 5.74) is 3.44. The van der Waals surface area contributed by atoms with Crippen LogP contribution in [0.25, 0.3) is 0 Å². The molecule has 0 atom stereocenters. The Morgan fingerprint density at radius 1 is 0.880 bits per heavy atom. The molecule has 25 heavy (non-hydrogen) atoms. The van der Waals surface area contributed by atoms with Crippen LogP contribution in [-0.4, -0.2) is 13.4 Å². The van der Waals surface area contributed by atoms with E-state index in [9.17, 15) is 8.42 Å². The van der Waals surface area contributed by atoms with Crippen molar-refractivity contribution in [3.63, 3.8) is 0 Å². The molecular formula is C19H19N3O2S. The molecule has 1 aromatic heterocycles. The number of para-hydroxylation sites is 1. The van der Waals surface area contributed by atoms with Crippen molar-refractivity contribution >= 4 is 27.2 Å². The fourth-order valence-electron chi connectivity index (χ4n) is 2.51. The van der Waals surface area contributed by atoms with Gasteiger partial charge in [0.1, 0.15) is 5.82 Å². The Morgan fingerprint density at radius 3 is 2.28 bits per heavy atom. The average Bonchev–Trinajstić information content (AvgIpc) is 2.57. The molecule has 6 heteroatoms. The van der Waals surface area contributed by atoms with Gasteiger partial charge in [0, 0.05) is 5.69 Å². The predicted molar refractivity (Wildman–Crippen MR) is 101 cm³/mol. The highest BCUT2D eigenvalue weighted by atomic mass is 32.2. The number of benzene rings is 2. The van der Waals surface area contributed by atoms with Crippen LogP contribution < -0.4 is 10.0 Å². The molecule has 1 heterocycles. The second kappa shape index (κ2) is 6.94. The van der Waals surface area contributed by atoms with Gasteiger partial charge in [0.25, 0.3) is 10.0 Å². The number of pyridine rings is 1. The smallest absolute Gasteiger partial charge is 0.263 e. The molecule has 0 saturated carbocycles. The third-order valence-corrected chi connectivity index (χ3v) is 5.20. The van der Waals surface area contributed by atoms with Gasteiger partial charge in [-0.15, -0.1) is 0 Å². The summed E-state index contributed by atoms with van der Waals surface area (Å²) in [6.07, 6.45) is 1.59. The Hall–Kier alpha value is -2.86. The van der Waals surface area contributed by atoms with Crippen LogP contribution in [0.4, 0.5) is 17.2 Å². The number of anilines is 3. The number of nitrogens with zero attached hydrogens (tertiary/aromatic N) is 1. The molecule has 0 fully saturated rings. The van der Waals surface area contributed by atoms with Gasteiger partial charge in [0.2, 0.25) is 0 Å². The van der Waals surface area contributed by atoms with Crippen LogP contribution in [0.2, 0.25) is 0 Å². The van der Waals surface area contributed by atoms with Crippen LogP contribution in [0.15, 0.2) is 71.8 Å². The number of rotatable bonds is 5. The molecule has 0 aliphatic heterocycles. The number of aromatic nitrogens is 1. The van der Waals surface area contributed by atoms with Crippen molar-refractivity contribution in [1.29, 1.82) is 0 Å². The molecule has 0 saturated heterocycles. The first-order valence-corrected chi connectivity index (χ1v) is 9.30. The maximum atomic E-state index is 12.5. The average molecular weight is 353 g/mol. The Bertz CT molecular complexity index is 969. The predicted octanol–water partition coefficient (Wildman–Crippen LogP) is 4.24. The van der Waals surface area contributed by atoms with Crippen LogP contribution in [0.1, 0.15) is 11.1 Å². The van der Waals surface area contributed by atoms with Crippen molar-refractivity contribution in [2.45, 2.75) is 18.7 Å². The maximum Gasteiger partial charge on any atom is 0.263 e. The fraction of sp³-hybridized carbons (Fsp3) is 0.105. The van der Waals surface area contributed by atoms with E-state index in [1.165, 1.54) is 0 Å². The zero-order valence-electron chi connectivity index (χ0n) is 14.0. The lowest BCUT2D eigenvalue weighted by atomic mass is 10.2. The van der Waals surface area contributed by atoms with Crippen LogP contribution in [0.5, 0.6) is 0 Å². The summed E-state index contributed by atoms with van der Waals surface area (Å²) in [7, 11) is -3.67. The zero-order valence-corrected chi connectivity index (χ0v) is 14.8. The third kappa shape index (κ3) is 4.16. The van der Waals surface area contributed by atoms with E-state index in [0.29, 0.717) is 5.56 Å². The minimum atomic E-state index is -3.67. The lowest BCUT2D eigenvalue weighted by Crippen LogP contribution is -2.15. The molecule has 0 aliphatic rings. The van der Waals surface area contributed by atoms with Gasteiger partial charge in [0.15, 0.2) is 0 Å². The molecular weight excluding hydrogens is 334 g/mol. The first kappa shape index (κ1) is 17.0. The van der Waals surface area contributed by atoms with Gasteiger partial charge in [-0.05, 0) is 49.7 Å². The summed E-state index contributed by atoms with van der Waals surface area (Å²) in [6.45, 7) is 3.71. The highest BCUT2D eigenvalue weighted by molar-refractivity contribution is 7.92. The van der Waals surface area contributed by atoms with Crippen molar-refractivity contribution in [3.05, 3.63) is 78.0 Å². The molecule has 0 aliphatic carbocycles. The summed E-state index contributed by atoms with van der Waals surface area (Å²) in [5, 5.41) is 3.20. The summed E-state index contributed by atoms with van der Waals surface area (Å²) >= 11 is 0. The largest absolute Gasteiger partial charge is 0.354 e. The SMILES string of the molecule is Cc1ccc(S(=O)(=O)Nc2ccc(Nc3ccccc3)cn2)c(C)c1. The number of hydrogen-bond acceptors (Lipinski definition) is 4. The quantitative estimate of drug-likeness (QED) is 0.719. The highest BCUT2D eigenvalue weighted by Crippen LogP contribution is 2.21. The van der Waals surface area contributed by atoms with Crippen LogP contribution in [0, 0.1) is 13.8 Å². The molecule has 2 aromatic carbocycles. The monoisotopic (exact) mass is 353 g/mol. The maximum absolute atomic E-state index is 12.5. The summed E-state index contributed by atoms with van der Waals surface area (Å²) < 4.78 is 27.6. The van der Waals surface area contributed by atoms with Gasteiger partial charge < -0.3 is 5.32 Å². The molecule has 0 spiro atoms. The van der Waals surface area contributed by atoms with E-state index in [0.717, 1.165) is 16.9 Å². The number of nitrogens with one attached hydrogen (secondary N) is 2. The second-order valence-electron chi connectivity index (χ2n) is 5.80. The Labute approximate surface area is 147 Å². The molecule has 0 radical (unpaired) electrons. The lowest BCUT2D eigenvalue weighted by Gasteiger charge is -2.11. The Balaban J connectivity index is 1.76. The van der Waals surface area contributed by atoms with E-state index in [4.69, 9.17) is 0 Å². The number of aryl methyl sites for hydroxylation is 2. The van der Waals surface area contributed by atoms with Gasteiger partial charge in [-0.3, -0.25) is 4.72 Å². The zero-order chi connectivity index (χ0) is 17.9. The molecule has 128 valence electrons. The van der Waals surface area contributed by atoms with E-state index in [-0.39, 0.29) is 10.7 Å². The molecule has 3 rings (SSSR count). The first-order chi connectivity index (χ1) is 11.9. The topological polar surface area (TPSA) is 71.1 Å². The van der Waals surface area contributed by atoms with Gasteiger partial charge in [-0.25, -0.2) is 13.4 Å². The van der Waals surface area contributed by atoms with Crippen molar-refractivity contribution in [2.24, 2.45) is 0 Å². The second-order valence-corrected chi connectivity index (χ2v) is 7.45. The van der Waals surface area contributed by atoms with Crippen molar-refractivity contribution in [2.75, 3.05) is 10.0 Å². The van der Waals surface area contributed by atoms with Gasteiger partial charge in [0.05, 0.1) is 16.8 Å². The standard InChI is InChI=1S/C19H19N3O2S/c1-14-8-10-18(15(2)12-14)25(23,24)22-19-11-9-17(13-20-19)21-16-6-4-3-5-7-16/h3-13,21H,1-2H3,(H,20,22). The van der Waals surface area contributed by atoms with E-state index in [1.807, 2.05) is 43.3 Å². The van der Waals surface area contributed by atoms with Crippen molar-refractivity contribution < 1.29 is 8.42 Å². The highest BCUT2D eigenvalue weighted by Gasteiger charge is 2.17. The molecule has 2 N–H and O–H groups in total. The van der Waals surface area contributed by atoms with E-state index in [2.05, 4.69) is 15.0 Å². The molecule has 0 amide bonds. The summed E-state index contributed by atoms with van der Waals surface area (Å²) in [6, 6.07) is 18.3. The normalized spacial score (nSPS) is 11.1. The molecule has 0 unspecified atom stereocenters. The number of sulfonamides is 1.